The van der Waals surface area contributed by atoms with Crippen LogP contribution in [0.2, 0.25) is 0 Å². The number of hydrogen-bond donors (Lipinski definition) is 2. The minimum absolute atomic E-state index is 0.143. The van der Waals surface area contributed by atoms with Crippen LogP contribution in [0.4, 0.5) is 0 Å². The normalized spacial score (nSPS) is 15.6. The molecule has 1 unspecified atom stereocenters. The van der Waals surface area contributed by atoms with Crippen LogP contribution in [0.1, 0.15) is 17.4 Å². The van der Waals surface area contributed by atoms with E-state index in [1.54, 1.807) is 30.2 Å². The lowest BCUT2D eigenvalue weighted by atomic mass is 10.1. The van der Waals surface area contributed by atoms with Gasteiger partial charge < -0.3 is 19.7 Å². The Kier molecular flexibility index (Phi) is 4.68. The Hall–Kier alpha value is -3.65. The second-order valence-corrected chi connectivity index (χ2v) is 7.66. The van der Waals surface area contributed by atoms with Gasteiger partial charge in [-0.25, -0.2) is 4.68 Å². The van der Waals surface area contributed by atoms with E-state index < -0.39 is 0 Å². The SMILES string of the molecule is COc1ccc(C2C=C(c3ccco3)Sc3nnc(-c4ccccc4O)n3N2)cc1. The van der Waals surface area contributed by atoms with Crippen molar-refractivity contribution in [3.05, 3.63) is 84.3 Å². The number of ether oxygens (including phenoxy) is 1. The maximum Gasteiger partial charge on any atom is 0.215 e. The quantitative estimate of drug-likeness (QED) is 0.497. The van der Waals surface area contributed by atoms with Gasteiger partial charge in [0.05, 0.1) is 29.9 Å². The lowest BCUT2D eigenvalue weighted by Crippen LogP contribution is -2.20. The molecule has 7 nitrogen and oxygen atoms in total. The number of nitrogens with one attached hydrogen (secondary N) is 1. The minimum Gasteiger partial charge on any atom is -0.507 e. The number of phenolic OH excluding ortho intramolecular Hbond substituents is 1. The molecule has 5 rings (SSSR count). The van der Waals surface area contributed by atoms with E-state index in [0.29, 0.717) is 16.5 Å². The molecule has 0 bridgehead atoms. The number of phenols is 1. The van der Waals surface area contributed by atoms with Crippen LogP contribution in [0.15, 0.2) is 82.6 Å². The number of hydrogen-bond acceptors (Lipinski definition) is 7. The van der Waals surface area contributed by atoms with Crippen molar-refractivity contribution in [1.29, 1.82) is 0 Å². The summed E-state index contributed by atoms with van der Waals surface area (Å²) in [6.07, 6.45) is 3.74. The number of methoxy groups -OCH3 is 1. The predicted molar refractivity (Wildman–Crippen MR) is 115 cm³/mol. The van der Waals surface area contributed by atoms with Gasteiger partial charge in [-0.3, -0.25) is 0 Å². The molecule has 0 spiro atoms. The first kappa shape index (κ1) is 18.4. The second-order valence-electron chi connectivity index (χ2n) is 6.65. The molecule has 1 aliphatic rings. The molecule has 0 radical (unpaired) electrons. The Morgan fingerprint density at radius 3 is 2.63 bits per heavy atom. The molecule has 150 valence electrons. The zero-order valence-electron chi connectivity index (χ0n) is 16.0. The van der Waals surface area contributed by atoms with Crippen molar-refractivity contribution >= 4 is 16.7 Å². The van der Waals surface area contributed by atoms with Crippen LogP contribution in [0.5, 0.6) is 11.5 Å². The molecule has 8 heteroatoms. The Morgan fingerprint density at radius 1 is 1.07 bits per heavy atom. The van der Waals surface area contributed by atoms with Gasteiger partial charge in [0, 0.05) is 0 Å². The van der Waals surface area contributed by atoms with E-state index in [9.17, 15) is 5.11 Å². The maximum absolute atomic E-state index is 10.3. The van der Waals surface area contributed by atoms with Gasteiger partial charge >= 0.3 is 0 Å². The van der Waals surface area contributed by atoms with Crippen LogP contribution in [-0.2, 0) is 0 Å². The van der Waals surface area contributed by atoms with Gasteiger partial charge in [0.1, 0.15) is 17.3 Å². The van der Waals surface area contributed by atoms with Crippen molar-refractivity contribution in [2.75, 3.05) is 12.5 Å². The molecule has 2 N–H and O–H groups in total. The maximum atomic E-state index is 10.3. The summed E-state index contributed by atoms with van der Waals surface area (Å²) in [5.41, 5.74) is 5.11. The highest BCUT2D eigenvalue weighted by atomic mass is 32.2. The molecule has 30 heavy (non-hydrogen) atoms. The molecule has 0 fully saturated rings. The molecule has 1 atom stereocenters. The van der Waals surface area contributed by atoms with Crippen LogP contribution in [0.25, 0.3) is 16.3 Å². The Morgan fingerprint density at radius 2 is 1.90 bits per heavy atom. The van der Waals surface area contributed by atoms with Crippen molar-refractivity contribution in [3.63, 3.8) is 0 Å². The number of rotatable bonds is 4. The molecular formula is C22H18N4O3S. The van der Waals surface area contributed by atoms with E-state index in [-0.39, 0.29) is 11.8 Å². The largest absolute Gasteiger partial charge is 0.507 e. The average molecular weight is 418 g/mol. The van der Waals surface area contributed by atoms with E-state index in [1.807, 2.05) is 48.5 Å². The first-order chi connectivity index (χ1) is 14.7. The fourth-order valence-electron chi connectivity index (χ4n) is 3.28. The Labute approximate surface area is 177 Å². The fraction of sp³-hybridized carbons (Fsp3) is 0.0909. The topological polar surface area (TPSA) is 85.3 Å². The highest BCUT2D eigenvalue weighted by Crippen LogP contribution is 2.40. The lowest BCUT2D eigenvalue weighted by molar-refractivity contribution is 0.414. The minimum atomic E-state index is -0.189. The van der Waals surface area contributed by atoms with Gasteiger partial charge in [-0.05, 0) is 59.8 Å². The lowest BCUT2D eigenvalue weighted by Gasteiger charge is -2.18. The molecule has 0 saturated heterocycles. The number of aromatic hydroxyl groups is 1. The van der Waals surface area contributed by atoms with Gasteiger partial charge in [-0.15, -0.1) is 10.2 Å². The molecule has 0 aliphatic carbocycles. The van der Waals surface area contributed by atoms with E-state index in [2.05, 4.69) is 21.7 Å². The van der Waals surface area contributed by atoms with E-state index in [1.165, 1.54) is 11.8 Å². The number of aromatic nitrogens is 3. The molecule has 3 heterocycles. The summed E-state index contributed by atoms with van der Waals surface area (Å²) in [6.45, 7) is 0. The van der Waals surface area contributed by atoms with Gasteiger partial charge in [0.15, 0.2) is 5.82 Å². The summed E-state index contributed by atoms with van der Waals surface area (Å²) in [5.74, 6) is 2.21. The third kappa shape index (κ3) is 3.31. The number of furan rings is 1. The molecule has 2 aromatic carbocycles. The Bertz CT molecular complexity index is 1200. The molecule has 0 amide bonds. The first-order valence-corrected chi connectivity index (χ1v) is 10.1. The van der Waals surface area contributed by atoms with Gasteiger partial charge in [-0.1, -0.05) is 24.3 Å². The van der Waals surface area contributed by atoms with Crippen LogP contribution in [0.3, 0.4) is 0 Å². The van der Waals surface area contributed by atoms with E-state index in [4.69, 9.17) is 9.15 Å². The predicted octanol–water partition coefficient (Wildman–Crippen LogP) is 4.68. The molecule has 1 aliphatic heterocycles. The third-order valence-corrected chi connectivity index (χ3v) is 5.81. The zero-order valence-corrected chi connectivity index (χ0v) is 16.8. The van der Waals surface area contributed by atoms with Gasteiger partial charge in [0.25, 0.3) is 0 Å². The summed E-state index contributed by atoms with van der Waals surface area (Å²) >= 11 is 1.45. The molecule has 4 aromatic rings. The average Bonchev–Trinajstić information content (AvgIpc) is 3.40. The molecular weight excluding hydrogens is 400 g/mol. The van der Waals surface area contributed by atoms with E-state index >= 15 is 0 Å². The van der Waals surface area contributed by atoms with E-state index in [0.717, 1.165) is 22.0 Å². The number of fused-ring (bicyclic) bond motifs is 1. The van der Waals surface area contributed by atoms with Crippen LogP contribution < -0.4 is 10.2 Å². The summed E-state index contributed by atoms with van der Waals surface area (Å²) in [4.78, 5) is 0.920. The number of para-hydroxylation sites is 1. The smallest absolute Gasteiger partial charge is 0.215 e. The number of benzene rings is 2. The number of nitrogens with zero attached hydrogens (tertiary/aromatic N) is 3. The van der Waals surface area contributed by atoms with Crippen LogP contribution >= 0.6 is 11.8 Å². The van der Waals surface area contributed by atoms with Gasteiger partial charge in [0.2, 0.25) is 5.16 Å². The first-order valence-electron chi connectivity index (χ1n) is 9.31. The highest BCUT2D eigenvalue weighted by molar-refractivity contribution is 8.08. The van der Waals surface area contributed by atoms with Crippen molar-refractivity contribution in [2.24, 2.45) is 0 Å². The van der Waals surface area contributed by atoms with Gasteiger partial charge in [-0.2, -0.15) is 0 Å². The summed E-state index contributed by atoms with van der Waals surface area (Å²) in [5, 5.41) is 19.7. The molecule has 2 aromatic heterocycles. The van der Waals surface area contributed by atoms with Crippen LogP contribution in [-0.4, -0.2) is 27.1 Å². The van der Waals surface area contributed by atoms with Crippen molar-refractivity contribution in [2.45, 2.75) is 11.2 Å². The summed E-state index contributed by atoms with van der Waals surface area (Å²) < 4.78 is 12.7. The summed E-state index contributed by atoms with van der Waals surface area (Å²) in [7, 11) is 1.65. The van der Waals surface area contributed by atoms with Crippen molar-refractivity contribution < 1.29 is 14.3 Å². The monoisotopic (exact) mass is 418 g/mol. The number of thioether (sulfide) groups is 1. The molecule has 0 saturated carbocycles. The second kappa shape index (κ2) is 7.64. The third-order valence-electron chi connectivity index (χ3n) is 4.80. The standard InChI is InChI=1S/C22H18N4O3S/c1-28-15-10-8-14(9-11-15)17-13-20(19-7-4-12-29-19)30-22-24-23-21(26(22)25-17)16-5-2-3-6-18(16)27/h2-13,17,25,27H,1H3. The fourth-order valence-corrected chi connectivity index (χ4v) is 4.21. The van der Waals surface area contributed by atoms with Crippen molar-refractivity contribution in [1.82, 2.24) is 14.9 Å². The zero-order chi connectivity index (χ0) is 20.5. The van der Waals surface area contributed by atoms with Crippen molar-refractivity contribution in [3.8, 4) is 22.9 Å². The van der Waals surface area contributed by atoms with Crippen LogP contribution in [0, 0.1) is 0 Å². The Balaban J connectivity index is 1.62. The summed E-state index contributed by atoms with van der Waals surface area (Å²) in [6, 6.07) is 18.5. The highest BCUT2D eigenvalue weighted by Gasteiger charge is 2.25.